The first kappa shape index (κ1) is 19.6. The number of rotatable bonds is 8. The minimum Gasteiger partial charge on any atom is -0.492 e. The highest BCUT2D eigenvalue weighted by molar-refractivity contribution is 6.30. The monoisotopic (exact) mass is 396 g/mol. The molecule has 0 aliphatic carbocycles. The molecule has 0 saturated carbocycles. The normalized spacial score (nSPS) is 10.4. The molecular weight excluding hydrogens is 376 g/mol. The molecule has 28 heavy (non-hydrogen) atoms. The summed E-state index contributed by atoms with van der Waals surface area (Å²) in [5.74, 6) is 0.891. The van der Waals surface area contributed by atoms with Crippen molar-refractivity contribution in [2.45, 2.75) is 13.3 Å². The van der Waals surface area contributed by atoms with E-state index in [0.717, 1.165) is 17.0 Å². The maximum atomic E-state index is 12.3. The van der Waals surface area contributed by atoms with E-state index in [-0.39, 0.29) is 5.91 Å². The lowest BCUT2D eigenvalue weighted by Crippen LogP contribution is -2.26. The molecule has 144 valence electrons. The van der Waals surface area contributed by atoms with Crippen molar-refractivity contribution in [3.63, 3.8) is 0 Å². The molecule has 3 aromatic rings. The second kappa shape index (κ2) is 9.71. The summed E-state index contributed by atoms with van der Waals surface area (Å²) in [4.78, 5) is 20.7. The summed E-state index contributed by atoms with van der Waals surface area (Å²) >= 11 is 5.96. The molecule has 3 rings (SSSR count). The van der Waals surface area contributed by atoms with E-state index in [4.69, 9.17) is 16.3 Å². The molecule has 0 spiro atoms. The lowest BCUT2D eigenvalue weighted by atomic mass is 10.1. The third kappa shape index (κ3) is 5.44. The van der Waals surface area contributed by atoms with Crippen molar-refractivity contribution in [1.29, 1.82) is 0 Å². The fourth-order valence-electron chi connectivity index (χ4n) is 2.60. The summed E-state index contributed by atoms with van der Waals surface area (Å²) < 4.78 is 5.57. The van der Waals surface area contributed by atoms with Crippen LogP contribution in [0.25, 0.3) is 0 Å². The third-order valence-corrected chi connectivity index (χ3v) is 4.17. The number of anilines is 2. The second-order valence-corrected chi connectivity index (χ2v) is 6.42. The van der Waals surface area contributed by atoms with Crippen LogP contribution in [0.1, 0.15) is 22.8 Å². The van der Waals surface area contributed by atoms with Gasteiger partial charge in [0.25, 0.3) is 5.91 Å². The van der Waals surface area contributed by atoms with Gasteiger partial charge in [-0.1, -0.05) is 35.9 Å². The number of benzene rings is 2. The van der Waals surface area contributed by atoms with Crippen molar-refractivity contribution >= 4 is 29.1 Å². The van der Waals surface area contributed by atoms with E-state index in [1.807, 2.05) is 55.5 Å². The second-order valence-electron chi connectivity index (χ2n) is 5.99. The number of carbonyl (C=O) groups is 1. The molecule has 0 bridgehead atoms. The highest BCUT2D eigenvalue weighted by Gasteiger charge is 2.08. The Morgan fingerprint density at radius 1 is 1.11 bits per heavy atom. The van der Waals surface area contributed by atoms with E-state index in [2.05, 4.69) is 20.6 Å². The van der Waals surface area contributed by atoms with Crippen LogP contribution in [0.2, 0.25) is 5.02 Å². The number of amides is 1. The van der Waals surface area contributed by atoms with E-state index < -0.39 is 0 Å². The quantitative estimate of drug-likeness (QED) is 0.595. The average molecular weight is 397 g/mol. The minimum atomic E-state index is -0.219. The number of hydrogen-bond acceptors (Lipinski definition) is 5. The van der Waals surface area contributed by atoms with Crippen molar-refractivity contribution in [1.82, 2.24) is 15.3 Å². The van der Waals surface area contributed by atoms with Gasteiger partial charge in [0.05, 0.1) is 17.9 Å². The van der Waals surface area contributed by atoms with E-state index in [1.165, 1.54) is 12.4 Å². The highest BCUT2D eigenvalue weighted by Crippen LogP contribution is 2.25. The van der Waals surface area contributed by atoms with E-state index >= 15 is 0 Å². The van der Waals surface area contributed by atoms with Crippen LogP contribution in [0.4, 0.5) is 11.6 Å². The Morgan fingerprint density at radius 3 is 2.64 bits per heavy atom. The number of carbonyl (C=O) groups excluding carboxylic acids is 1. The Hall–Kier alpha value is -3.12. The molecule has 1 amide bonds. The van der Waals surface area contributed by atoms with Gasteiger partial charge in [-0.05, 0) is 43.2 Å². The zero-order valence-corrected chi connectivity index (χ0v) is 16.2. The lowest BCUT2D eigenvalue weighted by molar-refractivity contribution is 0.0953. The van der Waals surface area contributed by atoms with Crippen molar-refractivity contribution in [3.8, 4) is 5.75 Å². The lowest BCUT2D eigenvalue weighted by Gasteiger charge is -2.11. The van der Waals surface area contributed by atoms with Crippen LogP contribution < -0.4 is 15.4 Å². The summed E-state index contributed by atoms with van der Waals surface area (Å²) in [6.45, 7) is 2.99. The van der Waals surface area contributed by atoms with Gasteiger partial charge in [0.2, 0.25) is 5.95 Å². The Balaban J connectivity index is 1.55. The molecule has 7 heteroatoms. The summed E-state index contributed by atoms with van der Waals surface area (Å²) in [5.41, 5.74) is 2.23. The van der Waals surface area contributed by atoms with Crippen molar-refractivity contribution < 1.29 is 9.53 Å². The zero-order chi connectivity index (χ0) is 19.8. The summed E-state index contributed by atoms with van der Waals surface area (Å²) in [7, 11) is 0. The largest absolute Gasteiger partial charge is 0.492 e. The standard InChI is InChI=1S/C21H21ClN4O2/c1-2-28-19-9-4-3-8-18(19)26-21-24-13-16(14-25-21)20(27)23-11-10-15-6-5-7-17(22)12-15/h3-9,12-14H,2,10-11H2,1H3,(H,23,27)(H,24,25,26). The van der Waals surface area contributed by atoms with Crippen LogP contribution in [-0.4, -0.2) is 29.0 Å². The van der Waals surface area contributed by atoms with Gasteiger partial charge in [0.15, 0.2) is 0 Å². The van der Waals surface area contributed by atoms with Crippen LogP contribution in [0, 0.1) is 0 Å². The van der Waals surface area contributed by atoms with Crippen LogP contribution in [-0.2, 0) is 6.42 Å². The first-order valence-electron chi connectivity index (χ1n) is 8.99. The van der Waals surface area contributed by atoms with Gasteiger partial charge in [0, 0.05) is 24.0 Å². The minimum absolute atomic E-state index is 0.219. The van der Waals surface area contributed by atoms with Gasteiger partial charge in [0.1, 0.15) is 5.75 Å². The van der Waals surface area contributed by atoms with Gasteiger partial charge in [-0.2, -0.15) is 0 Å². The van der Waals surface area contributed by atoms with Gasteiger partial charge < -0.3 is 15.4 Å². The summed E-state index contributed by atoms with van der Waals surface area (Å²) in [6, 6.07) is 15.1. The molecule has 0 unspecified atom stereocenters. The number of ether oxygens (including phenoxy) is 1. The average Bonchev–Trinajstić information content (AvgIpc) is 2.70. The molecule has 0 aliphatic rings. The van der Waals surface area contributed by atoms with E-state index in [1.54, 1.807) is 0 Å². The predicted molar refractivity (Wildman–Crippen MR) is 110 cm³/mol. The zero-order valence-electron chi connectivity index (χ0n) is 15.5. The van der Waals surface area contributed by atoms with Crippen molar-refractivity contribution in [2.75, 3.05) is 18.5 Å². The van der Waals surface area contributed by atoms with Gasteiger partial charge in [-0.15, -0.1) is 0 Å². The topological polar surface area (TPSA) is 76.1 Å². The molecule has 0 radical (unpaired) electrons. The molecule has 0 fully saturated rings. The van der Waals surface area contributed by atoms with E-state index in [9.17, 15) is 4.79 Å². The molecule has 1 aromatic heterocycles. The number of hydrogen-bond donors (Lipinski definition) is 2. The van der Waals surface area contributed by atoms with Crippen molar-refractivity contribution in [2.24, 2.45) is 0 Å². The molecule has 0 saturated heterocycles. The first-order chi connectivity index (χ1) is 13.7. The summed E-state index contributed by atoms with van der Waals surface area (Å²) in [6.07, 6.45) is 3.68. The Bertz CT molecular complexity index is 932. The number of para-hydroxylation sites is 2. The maximum absolute atomic E-state index is 12.3. The molecule has 1 heterocycles. The van der Waals surface area contributed by atoms with Crippen LogP contribution in [0.5, 0.6) is 5.75 Å². The van der Waals surface area contributed by atoms with Gasteiger partial charge in [-0.3, -0.25) is 4.79 Å². The molecule has 2 N–H and O–H groups in total. The number of aromatic nitrogens is 2. The number of nitrogens with one attached hydrogen (secondary N) is 2. The Kier molecular flexibility index (Phi) is 6.81. The third-order valence-electron chi connectivity index (χ3n) is 3.94. The molecule has 0 atom stereocenters. The highest BCUT2D eigenvalue weighted by atomic mass is 35.5. The maximum Gasteiger partial charge on any atom is 0.254 e. The molecule has 2 aromatic carbocycles. The summed E-state index contributed by atoms with van der Waals surface area (Å²) in [5, 5.41) is 6.65. The van der Waals surface area contributed by atoms with Crippen LogP contribution in [0.15, 0.2) is 60.9 Å². The Labute approximate surface area is 168 Å². The predicted octanol–water partition coefficient (Wildman–Crippen LogP) is 4.24. The Morgan fingerprint density at radius 2 is 1.89 bits per heavy atom. The van der Waals surface area contributed by atoms with Gasteiger partial charge in [-0.25, -0.2) is 9.97 Å². The van der Waals surface area contributed by atoms with E-state index in [0.29, 0.717) is 36.1 Å². The molecular formula is C21H21ClN4O2. The van der Waals surface area contributed by atoms with Crippen LogP contribution >= 0.6 is 11.6 Å². The fourth-order valence-corrected chi connectivity index (χ4v) is 2.81. The van der Waals surface area contributed by atoms with Crippen molar-refractivity contribution in [3.05, 3.63) is 77.1 Å². The smallest absolute Gasteiger partial charge is 0.254 e. The first-order valence-corrected chi connectivity index (χ1v) is 9.37. The van der Waals surface area contributed by atoms with Crippen LogP contribution in [0.3, 0.4) is 0 Å². The molecule has 6 nitrogen and oxygen atoms in total. The number of nitrogens with zero attached hydrogens (tertiary/aromatic N) is 2. The SMILES string of the molecule is CCOc1ccccc1Nc1ncc(C(=O)NCCc2cccc(Cl)c2)cn1. The fraction of sp³-hybridized carbons (Fsp3) is 0.190. The van der Waals surface area contributed by atoms with Gasteiger partial charge >= 0.3 is 0 Å². The number of halogens is 1. The molecule has 0 aliphatic heterocycles.